The van der Waals surface area contributed by atoms with Crippen LogP contribution in [0.3, 0.4) is 0 Å². The van der Waals surface area contributed by atoms with Gasteiger partial charge in [0.1, 0.15) is 6.29 Å². The van der Waals surface area contributed by atoms with Crippen LogP contribution in [-0.4, -0.2) is 61.4 Å². The average Bonchev–Trinajstić information content (AvgIpc) is 2.69. The molecule has 0 aliphatic carbocycles. The summed E-state index contributed by atoms with van der Waals surface area (Å²) in [5.41, 5.74) is 1.73. The van der Waals surface area contributed by atoms with E-state index in [1.165, 1.54) is 0 Å². The van der Waals surface area contributed by atoms with E-state index in [0.29, 0.717) is 32.0 Å². The van der Waals surface area contributed by atoms with E-state index in [1.807, 2.05) is 19.1 Å². The van der Waals surface area contributed by atoms with Crippen molar-refractivity contribution in [2.24, 2.45) is 11.8 Å². The number of nitrogens with one attached hydrogen (secondary N) is 4. The van der Waals surface area contributed by atoms with Gasteiger partial charge in [0.05, 0.1) is 31.2 Å². The minimum Gasteiger partial charge on any atom is -0.379 e. The molecule has 9 nitrogen and oxygen atoms in total. The molecule has 0 spiro atoms. The van der Waals surface area contributed by atoms with Gasteiger partial charge >= 0.3 is 0 Å². The Morgan fingerprint density at radius 2 is 1.86 bits per heavy atom. The van der Waals surface area contributed by atoms with Crippen LogP contribution in [0.2, 0.25) is 0 Å². The number of hydrogen-bond donors (Lipinski definition) is 4. The SMILES string of the molecule is Cc1ccc(NC(=O)C2CC(=O)NC3NC(N4CCOCC4)NC(=O)C32)cc1. The Hall–Kier alpha value is -2.49. The third-order valence-electron chi connectivity index (χ3n) is 5.50. The highest BCUT2D eigenvalue weighted by atomic mass is 16.5. The molecule has 9 heteroatoms. The molecular weight excluding hydrogens is 362 g/mol. The highest BCUT2D eigenvalue weighted by molar-refractivity contribution is 6.00. The minimum atomic E-state index is -0.738. The molecule has 3 heterocycles. The van der Waals surface area contributed by atoms with Crippen molar-refractivity contribution in [3.05, 3.63) is 29.8 Å². The lowest BCUT2D eigenvalue weighted by Crippen LogP contribution is -2.74. The minimum absolute atomic E-state index is 0.0177. The number of fused-ring (bicyclic) bond motifs is 1. The number of anilines is 1. The topological polar surface area (TPSA) is 112 Å². The second-order valence-corrected chi connectivity index (χ2v) is 7.46. The average molecular weight is 387 g/mol. The lowest BCUT2D eigenvalue weighted by Gasteiger charge is -2.46. The molecule has 3 aliphatic rings. The molecule has 0 radical (unpaired) electrons. The summed E-state index contributed by atoms with van der Waals surface area (Å²) in [6.07, 6.45) is -0.996. The van der Waals surface area contributed by atoms with E-state index < -0.39 is 24.3 Å². The Balaban J connectivity index is 1.48. The molecule has 0 saturated carbocycles. The van der Waals surface area contributed by atoms with Gasteiger partial charge in [-0.05, 0) is 19.1 Å². The Morgan fingerprint density at radius 1 is 1.14 bits per heavy atom. The van der Waals surface area contributed by atoms with Crippen molar-refractivity contribution in [1.82, 2.24) is 20.9 Å². The summed E-state index contributed by atoms with van der Waals surface area (Å²) >= 11 is 0. The van der Waals surface area contributed by atoms with Crippen LogP contribution >= 0.6 is 0 Å². The van der Waals surface area contributed by atoms with E-state index in [9.17, 15) is 14.4 Å². The molecule has 150 valence electrons. The first-order chi connectivity index (χ1) is 13.5. The predicted molar refractivity (Wildman–Crippen MR) is 101 cm³/mol. The number of ether oxygens (including phenoxy) is 1. The van der Waals surface area contributed by atoms with E-state index in [4.69, 9.17) is 4.74 Å². The van der Waals surface area contributed by atoms with Crippen molar-refractivity contribution < 1.29 is 19.1 Å². The fourth-order valence-electron chi connectivity index (χ4n) is 3.96. The van der Waals surface area contributed by atoms with Crippen molar-refractivity contribution in [3.8, 4) is 0 Å². The van der Waals surface area contributed by atoms with Gasteiger partial charge in [-0.25, -0.2) is 0 Å². The molecule has 0 bridgehead atoms. The van der Waals surface area contributed by atoms with Crippen molar-refractivity contribution in [1.29, 1.82) is 0 Å². The molecule has 4 rings (SSSR count). The third kappa shape index (κ3) is 3.87. The Labute approximate surface area is 163 Å². The summed E-state index contributed by atoms with van der Waals surface area (Å²) in [7, 11) is 0. The molecule has 4 N–H and O–H groups in total. The molecular formula is C19H25N5O4. The van der Waals surface area contributed by atoms with Crippen LogP contribution < -0.4 is 21.3 Å². The maximum absolute atomic E-state index is 12.9. The zero-order valence-electron chi connectivity index (χ0n) is 15.7. The zero-order valence-corrected chi connectivity index (χ0v) is 15.7. The first-order valence-corrected chi connectivity index (χ1v) is 9.56. The highest BCUT2D eigenvalue weighted by Gasteiger charge is 2.49. The smallest absolute Gasteiger partial charge is 0.229 e. The Morgan fingerprint density at radius 3 is 2.57 bits per heavy atom. The van der Waals surface area contributed by atoms with Crippen LogP contribution in [0.1, 0.15) is 12.0 Å². The molecule has 3 aliphatic heterocycles. The molecule has 4 unspecified atom stereocenters. The molecule has 4 atom stereocenters. The molecule has 3 saturated heterocycles. The first-order valence-electron chi connectivity index (χ1n) is 9.56. The number of carbonyl (C=O) groups is 3. The van der Waals surface area contributed by atoms with Gasteiger partial charge < -0.3 is 20.7 Å². The summed E-state index contributed by atoms with van der Waals surface area (Å²) in [6, 6.07) is 7.41. The molecule has 28 heavy (non-hydrogen) atoms. The lowest BCUT2D eigenvalue weighted by atomic mass is 9.81. The van der Waals surface area contributed by atoms with Gasteiger partial charge in [-0.2, -0.15) is 0 Å². The zero-order chi connectivity index (χ0) is 19.7. The number of nitrogens with zero attached hydrogens (tertiary/aromatic N) is 1. The number of hydrogen-bond acceptors (Lipinski definition) is 6. The maximum atomic E-state index is 12.9. The van der Waals surface area contributed by atoms with E-state index in [0.717, 1.165) is 5.56 Å². The normalized spacial score (nSPS) is 30.8. The van der Waals surface area contributed by atoms with Crippen LogP contribution in [-0.2, 0) is 19.1 Å². The number of aryl methyl sites for hydroxylation is 1. The van der Waals surface area contributed by atoms with Crippen LogP contribution in [0.4, 0.5) is 5.69 Å². The van der Waals surface area contributed by atoms with E-state index in [-0.39, 0.29) is 24.1 Å². The maximum Gasteiger partial charge on any atom is 0.229 e. The lowest BCUT2D eigenvalue weighted by molar-refractivity contribution is -0.148. The van der Waals surface area contributed by atoms with Crippen molar-refractivity contribution in [3.63, 3.8) is 0 Å². The number of piperidine rings is 1. The Bertz CT molecular complexity index is 762. The third-order valence-corrected chi connectivity index (χ3v) is 5.50. The summed E-state index contributed by atoms with van der Waals surface area (Å²) in [4.78, 5) is 40.0. The molecule has 1 aromatic carbocycles. The molecule has 1 aromatic rings. The summed E-state index contributed by atoms with van der Waals surface area (Å²) in [6.45, 7) is 4.51. The van der Waals surface area contributed by atoms with Crippen LogP contribution in [0.15, 0.2) is 24.3 Å². The largest absolute Gasteiger partial charge is 0.379 e. The summed E-state index contributed by atoms with van der Waals surface area (Å²) < 4.78 is 5.35. The van der Waals surface area contributed by atoms with Gasteiger partial charge in [-0.1, -0.05) is 17.7 Å². The van der Waals surface area contributed by atoms with Gasteiger partial charge in [0.15, 0.2) is 0 Å². The van der Waals surface area contributed by atoms with Crippen molar-refractivity contribution >= 4 is 23.4 Å². The molecule has 3 fully saturated rings. The number of amides is 3. The second-order valence-electron chi connectivity index (χ2n) is 7.46. The quantitative estimate of drug-likeness (QED) is 0.548. The number of benzene rings is 1. The van der Waals surface area contributed by atoms with Gasteiger partial charge in [0.25, 0.3) is 0 Å². The van der Waals surface area contributed by atoms with E-state index in [1.54, 1.807) is 12.1 Å². The fourth-order valence-corrected chi connectivity index (χ4v) is 3.96. The van der Waals surface area contributed by atoms with Crippen LogP contribution in [0.25, 0.3) is 0 Å². The van der Waals surface area contributed by atoms with Crippen molar-refractivity contribution in [2.45, 2.75) is 25.8 Å². The van der Waals surface area contributed by atoms with Crippen LogP contribution in [0.5, 0.6) is 0 Å². The standard InChI is InChI=1S/C19H25N5O4/c1-11-2-4-12(5-3-11)20-17(26)13-10-14(25)21-16-15(13)18(27)23-19(22-16)24-6-8-28-9-7-24/h2-5,13,15-16,19,22H,6-10H2,1H3,(H,20,26)(H,21,25)(H,23,27). The fraction of sp³-hybridized carbons (Fsp3) is 0.526. The van der Waals surface area contributed by atoms with Crippen LogP contribution in [0, 0.1) is 18.8 Å². The van der Waals surface area contributed by atoms with Crippen molar-refractivity contribution in [2.75, 3.05) is 31.6 Å². The second kappa shape index (κ2) is 7.86. The predicted octanol–water partition coefficient (Wildman–Crippen LogP) is -0.653. The number of rotatable bonds is 3. The van der Waals surface area contributed by atoms with Gasteiger partial charge in [-0.15, -0.1) is 0 Å². The Kier molecular flexibility index (Phi) is 5.29. The van der Waals surface area contributed by atoms with Gasteiger partial charge in [-0.3, -0.25) is 24.6 Å². The molecule has 3 amide bonds. The summed E-state index contributed by atoms with van der Waals surface area (Å²) in [5.74, 6) is -2.20. The highest BCUT2D eigenvalue weighted by Crippen LogP contribution is 2.28. The van der Waals surface area contributed by atoms with Gasteiger partial charge in [0, 0.05) is 25.2 Å². The number of carbonyl (C=O) groups excluding carboxylic acids is 3. The van der Waals surface area contributed by atoms with Gasteiger partial charge in [0.2, 0.25) is 17.7 Å². The molecule has 0 aromatic heterocycles. The monoisotopic (exact) mass is 387 g/mol. The number of morpholine rings is 1. The first kappa shape index (κ1) is 18.9. The van der Waals surface area contributed by atoms with E-state index >= 15 is 0 Å². The van der Waals surface area contributed by atoms with E-state index in [2.05, 4.69) is 26.2 Å². The summed E-state index contributed by atoms with van der Waals surface area (Å²) in [5, 5.41) is 11.9.